The Morgan fingerprint density at radius 3 is 2.39 bits per heavy atom. The fourth-order valence-corrected chi connectivity index (χ4v) is 2.27. The van der Waals surface area contributed by atoms with Crippen molar-refractivity contribution in [1.82, 2.24) is 0 Å². The molecule has 1 N–H and O–H groups in total. The normalized spacial score (nSPS) is 10.7. The Kier molecular flexibility index (Phi) is 6.51. The number of halogens is 2. The van der Waals surface area contributed by atoms with Crippen LogP contribution in [0.3, 0.4) is 0 Å². The van der Waals surface area contributed by atoms with Crippen molar-refractivity contribution in [3.05, 3.63) is 28.2 Å². The van der Waals surface area contributed by atoms with Gasteiger partial charge in [0.2, 0.25) is 5.91 Å². The topological polar surface area (TPSA) is 29.1 Å². The lowest BCUT2D eigenvalue weighted by atomic mass is 9.97. The van der Waals surface area contributed by atoms with Crippen LogP contribution in [-0.2, 0) is 4.79 Å². The summed E-state index contributed by atoms with van der Waals surface area (Å²) in [7, 11) is 0. The maximum Gasteiger partial charge on any atom is 0.227 e. The number of nitrogens with one attached hydrogen (secondary N) is 1. The Bertz CT molecular complexity index is 401. The van der Waals surface area contributed by atoms with E-state index in [1.54, 1.807) is 18.2 Å². The van der Waals surface area contributed by atoms with E-state index in [0.29, 0.717) is 15.7 Å². The molecule has 4 heteroatoms. The summed E-state index contributed by atoms with van der Waals surface area (Å²) >= 11 is 11.9. The number of carbonyl (C=O) groups excluding carboxylic acids is 1. The van der Waals surface area contributed by atoms with Gasteiger partial charge in [-0.25, -0.2) is 0 Å². The number of hydrogen-bond acceptors (Lipinski definition) is 1. The lowest BCUT2D eigenvalue weighted by Crippen LogP contribution is -2.22. The molecule has 0 saturated carbocycles. The zero-order chi connectivity index (χ0) is 13.5. The average molecular weight is 288 g/mol. The Labute approximate surface area is 119 Å². The Hall–Kier alpha value is -0.730. The molecule has 0 aliphatic heterocycles. The molecule has 0 spiro atoms. The minimum absolute atomic E-state index is 0.0304. The first-order chi connectivity index (χ1) is 8.58. The van der Waals surface area contributed by atoms with Crippen LogP contribution in [0.4, 0.5) is 5.69 Å². The summed E-state index contributed by atoms with van der Waals surface area (Å²) < 4.78 is 0. The molecule has 0 aliphatic carbocycles. The van der Waals surface area contributed by atoms with E-state index in [0.717, 1.165) is 25.7 Å². The highest BCUT2D eigenvalue weighted by atomic mass is 35.5. The molecule has 0 saturated heterocycles. The molecule has 1 aromatic rings. The molecule has 2 nitrogen and oxygen atoms in total. The number of carbonyl (C=O) groups is 1. The maximum absolute atomic E-state index is 12.1. The molecule has 0 aromatic heterocycles. The van der Waals surface area contributed by atoms with Gasteiger partial charge in [-0.2, -0.15) is 0 Å². The molecule has 100 valence electrons. The van der Waals surface area contributed by atoms with Crippen molar-refractivity contribution < 1.29 is 4.79 Å². The van der Waals surface area contributed by atoms with Crippen molar-refractivity contribution >= 4 is 34.8 Å². The number of hydrogen-bond donors (Lipinski definition) is 1. The second-order valence-corrected chi connectivity index (χ2v) is 5.23. The highest BCUT2D eigenvalue weighted by Gasteiger charge is 2.17. The largest absolute Gasteiger partial charge is 0.324 e. The summed E-state index contributed by atoms with van der Waals surface area (Å²) in [6.07, 6.45) is 3.80. The minimum Gasteiger partial charge on any atom is -0.324 e. The third kappa shape index (κ3) is 4.51. The zero-order valence-electron chi connectivity index (χ0n) is 10.8. The third-order valence-corrected chi connectivity index (χ3v) is 3.40. The van der Waals surface area contributed by atoms with Gasteiger partial charge < -0.3 is 5.32 Å². The predicted octanol–water partition coefficient (Wildman–Crippen LogP) is 5.15. The van der Waals surface area contributed by atoms with Gasteiger partial charge in [-0.05, 0) is 31.0 Å². The number of anilines is 1. The highest BCUT2D eigenvalue weighted by molar-refractivity contribution is 6.35. The van der Waals surface area contributed by atoms with Crippen molar-refractivity contribution in [2.24, 2.45) is 5.92 Å². The van der Waals surface area contributed by atoms with Crippen LogP contribution in [0.25, 0.3) is 0 Å². The van der Waals surface area contributed by atoms with E-state index in [2.05, 4.69) is 19.2 Å². The first kappa shape index (κ1) is 15.3. The van der Waals surface area contributed by atoms with Gasteiger partial charge in [0.25, 0.3) is 0 Å². The van der Waals surface area contributed by atoms with E-state index in [9.17, 15) is 4.79 Å². The van der Waals surface area contributed by atoms with Crippen LogP contribution >= 0.6 is 23.2 Å². The Balaban J connectivity index is 2.75. The molecular weight excluding hydrogens is 269 g/mol. The molecule has 1 aromatic carbocycles. The first-order valence-corrected chi connectivity index (χ1v) is 7.10. The third-order valence-electron chi connectivity index (χ3n) is 2.83. The van der Waals surface area contributed by atoms with E-state index in [4.69, 9.17) is 23.2 Å². The van der Waals surface area contributed by atoms with Crippen LogP contribution in [0.1, 0.15) is 39.5 Å². The van der Waals surface area contributed by atoms with Gasteiger partial charge >= 0.3 is 0 Å². The molecule has 0 aliphatic rings. The standard InChI is InChI=1S/C14H19Cl2NO/c1-3-5-10(6-4-2)14(18)17-13-9-11(15)7-8-12(13)16/h7-10H,3-6H2,1-2H3,(H,17,18). The van der Waals surface area contributed by atoms with Crippen molar-refractivity contribution in [2.75, 3.05) is 5.32 Å². The van der Waals surface area contributed by atoms with Gasteiger partial charge in [0, 0.05) is 10.9 Å². The lowest BCUT2D eigenvalue weighted by molar-refractivity contribution is -0.120. The van der Waals surface area contributed by atoms with Crippen LogP contribution < -0.4 is 5.32 Å². The lowest BCUT2D eigenvalue weighted by Gasteiger charge is -2.16. The summed E-state index contributed by atoms with van der Waals surface area (Å²) in [6, 6.07) is 5.07. The van der Waals surface area contributed by atoms with E-state index in [1.165, 1.54) is 0 Å². The summed E-state index contributed by atoms with van der Waals surface area (Å²) in [4.78, 5) is 12.1. The highest BCUT2D eigenvalue weighted by Crippen LogP contribution is 2.26. The van der Waals surface area contributed by atoms with Gasteiger partial charge in [0.05, 0.1) is 10.7 Å². The summed E-state index contributed by atoms with van der Waals surface area (Å²) in [5.74, 6) is 0.0814. The second kappa shape index (κ2) is 7.65. The SMILES string of the molecule is CCCC(CCC)C(=O)Nc1cc(Cl)ccc1Cl. The molecule has 0 unspecified atom stereocenters. The van der Waals surface area contributed by atoms with Gasteiger partial charge in [-0.15, -0.1) is 0 Å². The number of benzene rings is 1. The van der Waals surface area contributed by atoms with Crippen LogP contribution in [0.2, 0.25) is 10.0 Å². The minimum atomic E-state index is 0.0304. The van der Waals surface area contributed by atoms with E-state index in [1.807, 2.05) is 0 Å². The van der Waals surface area contributed by atoms with E-state index >= 15 is 0 Å². The van der Waals surface area contributed by atoms with Gasteiger partial charge in [-0.3, -0.25) is 4.79 Å². The maximum atomic E-state index is 12.1. The molecule has 0 atom stereocenters. The Morgan fingerprint density at radius 2 is 1.83 bits per heavy atom. The first-order valence-electron chi connectivity index (χ1n) is 6.34. The Morgan fingerprint density at radius 1 is 1.22 bits per heavy atom. The summed E-state index contributed by atoms with van der Waals surface area (Å²) in [5.41, 5.74) is 0.589. The van der Waals surface area contributed by atoms with Gasteiger partial charge in [0.15, 0.2) is 0 Å². The molecule has 18 heavy (non-hydrogen) atoms. The molecular formula is C14H19Cl2NO. The van der Waals surface area contributed by atoms with Crippen LogP contribution in [0.15, 0.2) is 18.2 Å². The zero-order valence-corrected chi connectivity index (χ0v) is 12.3. The van der Waals surface area contributed by atoms with Gasteiger partial charge in [0.1, 0.15) is 0 Å². The van der Waals surface area contributed by atoms with E-state index < -0.39 is 0 Å². The summed E-state index contributed by atoms with van der Waals surface area (Å²) in [5, 5.41) is 3.95. The second-order valence-electron chi connectivity index (χ2n) is 4.39. The molecule has 1 rings (SSSR count). The van der Waals surface area contributed by atoms with Gasteiger partial charge in [-0.1, -0.05) is 49.9 Å². The number of amides is 1. The summed E-state index contributed by atoms with van der Waals surface area (Å²) in [6.45, 7) is 4.17. The fourth-order valence-electron chi connectivity index (χ4n) is 1.93. The average Bonchev–Trinajstić information content (AvgIpc) is 2.33. The number of rotatable bonds is 6. The molecule has 0 fully saturated rings. The smallest absolute Gasteiger partial charge is 0.227 e. The molecule has 0 radical (unpaired) electrons. The van der Waals surface area contributed by atoms with Crippen molar-refractivity contribution in [3.63, 3.8) is 0 Å². The van der Waals surface area contributed by atoms with Crippen molar-refractivity contribution in [2.45, 2.75) is 39.5 Å². The van der Waals surface area contributed by atoms with Crippen LogP contribution in [-0.4, -0.2) is 5.91 Å². The molecule has 0 heterocycles. The monoisotopic (exact) mass is 287 g/mol. The molecule has 0 bridgehead atoms. The van der Waals surface area contributed by atoms with Crippen molar-refractivity contribution in [3.8, 4) is 0 Å². The van der Waals surface area contributed by atoms with Crippen LogP contribution in [0.5, 0.6) is 0 Å². The van der Waals surface area contributed by atoms with E-state index in [-0.39, 0.29) is 11.8 Å². The van der Waals surface area contributed by atoms with Crippen molar-refractivity contribution in [1.29, 1.82) is 0 Å². The quantitative estimate of drug-likeness (QED) is 0.770. The fraction of sp³-hybridized carbons (Fsp3) is 0.500. The predicted molar refractivity (Wildman–Crippen MR) is 78.4 cm³/mol. The van der Waals surface area contributed by atoms with Crippen LogP contribution in [0, 0.1) is 5.92 Å². The molecule has 1 amide bonds.